The number of nitrogens with zero attached hydrogens (tertiary/aromatic N) is 1. The van der Waals surface area contributed by atoms with E-state index in [4.69, 9.17) is 16.3 Å². The molecule has 0 aromatic heterocycles. The Balaban J connectivity index is 1.51. The largest absolute Gasteiger partial charge is 0.378 e. The Hall–Kier alpha value is -3.40. The quantitative estimate of drug-likeness (QED) is 0.535. The van der Waals surface area contributed by atoms with Crippen molar-refractivity contribution in [3.05, 3.63) is 88.9 Å². The lowest BCUT2D eigenvalue weighted by atomic mass is 10.1. The summed E-state index contributed by atoms with van der Waals surface area (Å²) in [6.45, 7) is 1.90. The summed E-state index contributed by atoms with van der Waals surface area (Å²) in [6.07, 6.45) is 0. The number of nitrogens with one attached hydrogen (secondary N) is 2. The number of anilines is 2. The minimum Gasteiger partial charge on any atom is -0.378 e. The van der Waals surface area contributed by atoms with E-state index in [9.17, 15) is 18.0 Å². The first-order chi connectivity index (χ1) is 16.3. The van der Waals surface area contributed by atoms with Gasteiger partial charge in [-0.3, -0.25) is 14.3 Å². The summed E-state index contributed by atoms with van der Waals surface area (Å²) in [5.41, 5.74) is 1.07. The number of amides is 2. The summed E-state index contributed by atoms with van der Waals surface area (Å²) < 4.78 is 32.8. The van der Waals surface area contributed by atoms with Gasteiger partial charge in [0.05, 0.1) is 45.6 Å². The van der Waals surface area contributed by atoms with Crippen LogP contribution in [-0.2, 0) is 14.8 Å². The third-order valence-electron chi connectivity index (χ3n) is 5.22. The number of ether oxygens (including phenoxy) is 1. The normalized spacial score (nSPS) is 13.9. The van der Waals surface area contributed by atoms with Gasteiger partial charge in [-0.15, -0.1) is 0 Å². The van der Waals surface area contributed by atoms with Crippen LogP contribution in [0.3, 0.4) is 0 Å². The monoisotopic (exact) mass is 499 g/mol. The zero-order chi connectivity index (χ0) is 24.1. The molecule has 0 unspecified atom stereocenters. The van der Waals surface area contributed by atoms with Crippen LogP contribution >= 0.6 is 11.6 Å². The minimum absolute atomic E-state index is 0.0581. The molecule has 10 heteroatoms. The highest BCUT2D eigenvalue weighted by Crippen LogP contribution is 2.25. The number of carbonyl (C=O) groups excluding carboxylic acids is 2. The fourth-order valence-corrected chi connectivity index (χ4v) is 4.82. The Kier molecular flexibility index (Phi) is 7.16. The van der Waals surface area contributed by atoms with Gasteiger partial charge in [0, 0.05) is 13.1 Å². The van der Waals surface area contributed by atoms with E-state index in [0.717, 1.165) is 0 Å². The van der Waals surface area contributed by atoms with E-state index in [0.29, 0.717) is 37.6 Å². The lowest BCUT2D eigenvalue weighted by Crippen LogP contribution is -2.41. The molecular weight excluding hydrogens is 478 g/mol. The maximum atomic E-state index is 12.9. The first-order valence-electron chi connectivity index (χ1n) is 10.5. The molecule has 8 nitrogen and oxygen atoms in total. The first-order valence-corrected chi connectivity index (χ1v) is 12.4. The molecule has 1 fully saturated rings. The van der Waals surface area contributed by atoms with E-state index in [-0.39, 0.29) is 27.1 Å². The second-order valence-corrected chi connectivity index (χ2v) is 9.61. The number of sulfonamides is 1. The molecule has 2 N–H and O–H groups in total. The molecule has 1 heterocycles. The number of hydrogen-bond donors (Lipinski definition) is 2. The third kappa shape index (κ3) is 5.39. The van der Waals surface area contributed by atoms with Gasteiger partial charge in [-0.25, -0.2) is 8.42 Å². The SMILES string of the molecule is O=C(Nc1ccccc1C(=O)N1CCOCC1)c1ccc(NS(=O)(=O)c2ccccc2)cc1Cl. The number of para-hydroxylation sites is 1. The van der Waals surface area contributed by atoms with Crippen molar-refractivity contribution < 1.29 is 22.7 Å². The summed E-state index contributed by atoms with van der Waals surface area (Å²) in [6, 6.07) is 18.9. The number of benzene rings is 3. The Labute approximate surface area is 202 Å². The average Bonchev–Trinajstić information content (AvgIpc) is 2.85. The van der Waals surface area contributed by atoms with Gasteiger partial charge in [0.1, 0.15) is 0 Å². The van der Waals surface area contributed by atoms with E-state index in [1.807, 2.05) is 0 Å². The van der Waals surface area contributed by atoms with Crippen molar-refractivity contribution in [2.45, 2.75) is 4.90 Å². The summed E-state index contributed by atoms with van der Waals surface area (Å²) in [4.78, 5) is 27.6. The lowest BCUT2D eigenvalue weighted by Gasteiger charge is -2.27. The molecule has 34 heavy (non-hydrogen) atoms. The van der Waals surface area contributed by atoms with Crippen molar-refractivity contribution in [1.29, 1.82) is 0 Å². The topological polar surface area (TPSA) is 105 Å². The van der Waals surface area contributed by atoms with Crippen LogP contribution in [0.25, 0.3) is 0 Å². The fourth-order valence-electron chi connectivity index (χ4n) is 3.48. The first kappa shape index (κ1) is 23.7. The molecule has 3 aromatic rings. The number of rotatable bonds is 6. The van der Waals surface area contributed by atoms with Crippen LogP contribution in [0.1, 0.15) is 20.7 Å². The van der Waals surface area contributed by atoms with Gasteiger partial charge in [0.2, 0.25) is 0 Å². The Morgan fingerprint density at radius 1 is 0.882 bits per heavy atom. The van der Waals surface area contributed by atoms with E-state index in [2.05, 4.69) is 10.0 Å². The zero-order valence-corrected chi connectivity index (χ0v) is 19.6. The highest BCUT2D eigenvalue weighted by Gasteiger charge is 2.22. The Bertz CT molecular complexity index is 1310. The molecule has 0 radical (unpaired) electrons. The molecule has 1 saturated heterocycles. The van der Waals surface area contributed by atoms with Crippen molar-refractivity contribution in [2.24, 2.45) is 0 Å². The van der Waals surface area contributed by atoms with E-state index in [1.165, 1.54) is 30.3 Å². The summed E-state index contributed by atoms with van der Waals surface area (Å²) in [5.74, 6) is -0.722. The van der Waals surface area contributed by atoms with E-state index >= 15 is 0 Å². The predicted octanol–water partition coefficient (Wildman–Crippen LogP) is 3.87. The number of halogens is 1. The molecule has 0 bridgehead atoms. The van der Waals surface area contributed by atoms with Gasteiger partial charge in [-0.05, 0) is 42.5 Å². The average molecular weight is 500 g/mol. The molecule has 1 aliphatic rings. The van der Waals surface area contributed by atoms with E-state index < -0.39 is 15.9 Å². The highest BCUT2D eigenvalue weighted by molar-refractivity contribution is 7.92. The molecule has 4 rings (SSSR count). The van der Waals surface area contributed by atoms with Crippen LogP contribution in [0.4, 0.5) is 11.4 Å². The standard InChI is InChI=1S/C24H22ClN3O5S/c25-21-16-17(27-34(31,32)18-6-2-1-3-7-18)10-11-19(21)23(29)26-22-9-5-4-8-20(22)24(30)28-12-14-33-15-13-28/h1-11,16,27H,12-15H2,(H,26,29). The maximum Gasteiger partial charge on any atom is 0.261 e. The van der Waals surface area contributed by atoms with Crippen molar-refractivity contribution in [3.63, 3.8) is 0 Å². The van der Waals surface area contributed by atoms with E-state index in [1.54, 1.807) is 47.4 Å². The number of hydrogen-bond acceptors (Lipinski definition) is 5. The molecule has 3 aromatic carbocycles. The molecule has 0 saturated carbocycles. The van der Waals surface area contributed by atoms with Crippen LogP contribution < -0.4 is 10.0 Å². The molecule has 1 aliphatic heterocycles. The van der Waals surface area contributed by atoms with Gasteiger partial charge in [0.15, 0.2) is 0 Å². The zero-order valence-electron chi connectivity index (χ0n) is 18.0. The predicted molar refractivity (Wildman–Crippen MR) is 130 cm³/mol. The van der Waals surface area contributed by atoms with Crippen molar-refractivity contribution in [1.82, 2.24) is 4.90 Å². The number of carbonyl (C=O) groups is 2. The summed E-state index contributed by atoms with van der Waals surface area (Å²) in [7, 11) is -3.80. The summed E-state index contributed by atoms with van der Waals surface area (Å²) in [5, 5.41) is 2.80. The van der Waals surface area contributed by atoms with Crippen molar-refractivity contribution >= 4 is 44.8 Å². The van der Waals surface area contributed by atoms with Gasteiger partial charge in [-0.2, -0.15) is 0 Å². The van der Waals surface area contributed by atoms with Crippen LogP contribution in [0.2, 0.25) is 5.02 Å². The van der Waals surface area contributed by atoms with Crippen LogP contribution in [0.15, 0.2) is 77.7 Å². The maximum absolute atomic E-state index is 12.9. The third-order valence-corrected chi connectivity index (χ3v) is 6.93. The highest BCUT2D eigenvalue weighted by atomic mass is 35.5. The van der Waals surface area contributed by atoms with Gasteiger partial charge in [0.25, 0.3) is 21.8 Å². The minimum atomic E-state index is -3.80. The smallest absolute Gasteiger partial charge is 0.261 e. The molecule has 0 spiro atoms. The molecular formula is C24H22ClN3O5S. The molecule has 0 aliphatic carbocycles. The van der Waals surface area contributed by atoms with Crippen LogP contribution in [-0.4, -0.2) is 51.4 Å². The Morgan fingerprint density at radius 3 is 2.26 bits per heavy atom. The lowest BCUT2D eigenvalue weighted by molar-refractivity contribution is 0.0303. The fraction of sp³-hybridized carbons (Fsp3) is 0.167. The van der Waals surface area contributed by atoms with Crippen molar-refractivity contribution in [2.75, 3.05) is 36.3 Å². The molecule has 0 atom stereocenters. The molecule has 176 valence electrons. The second-order valence-electron chi connectivity index (χ2n) is 7.52. The van der Waals surface area contributed by atoms with Gasteiger partial charge in [-0.1, -0.05) is 41.9 Å². The van der Waals surface area contributed by atoms with Crippen LogP contribution in [0, 0.1) is 0 Å². The van der Waals surface area contributed by atoms with Gasteiger partial charge >= 0.3 is 0 Å². The van der Waals surface area contributed by atoms with Crippen LogP contribution in [0.5, 0.6) is 0 Å². The second kappa shape index (κ2) is 10.3. The number of morpholine rings is 1. The van der Waals surface area contributed by atoms with Crippen molar-refractivity contribution in [3.8, 4) is 0 Å². The summed E-state index contributed by atoms with van der Waals surface area (Å²) >= 11 is 6.30. The Morgan fingerprint density at radius 2 is 1.56 bits per heavy atom. The molecule has 2 amide bonds. The van der Waals surface area contributed by atoms with Gasteiger partial charge < -0.3 is 15.0 Å².